The first-order chi connectivity index (χ1) is 15.4. The van der Waals surface area contributed by atoms with Crippen molar-refractivity contribution in [2.45, 2.75) is 64.3 Å². The molecule has 6 nitrogen and oxygen atoms in total. The number of carboxylic acid groups (broad SMARTS) is 2. The second-order valence-electron chi connectivity index (χ2n) is 8.78. The van der Waals surface area contributed by atoms with Crippen molar-refractivity contribution in [1.29, 1.82) is 0 Å². The van der Waals surface area contributed by atoms with E-state index in [1.165, 1.54) is 73.2 Å². The average Bonchev–Trinajstić information content (AvgIpc) is 3.19. The molecule has 2 heterocycles. The van der Waals surface area contributed by atoms with Gasteiger partial charge < -0.3 is 14.8 Å². The number of nitrogens with zero attached hydrogens (tertiary/aromatic N) is 2. The molecule has 0 atom stereocenters. The first kappa shape index (κ1) is 22.1. The summed E-state index contributed by atoms with van der Waals surface area (Å²) < 4.78 is 2.52. The van der Waals surface area contributed by atoms with Gasteiger partial charge in [-0.25, -0.2) is 9.59 Å². The van der Waals surface area contributed by atoms with Crippen molar-refractivity contribution >= 4 is 17.7 Å². The second kappa shape index (κ2) is 9.55. The molecule has 2 aliphatic carbocycles. The number of aryl methyl sites for hydroxylation is 2. The number of benzene rings is 1. The van der Waals surface area contributed by atoms with Crippen LogP contribution >= 0.6 is 0 Å². The van der Waals surface area contributed by atoms with E-state index >= 15 is 0 Å². The summed E-state index contributed by atoms with van der Waals surface area (Å²) >= 11 is 0. The predicted molar refractivity (Wildman–Crippen MR) is 125 cm³/mol. The van der Waals surface area contributed by atoms with Crippen LogP contribution in [-0.4, -0.2) is 39.0 Å². The average molecular weight is 435 g/mol. The third-order valence-corrected chi connectivity index (χ3v) is 6.71. The van der Waals surface area contributed by atoms with Crippen molar-refractivity contribution in [2.24, 2.45) is 4.99 Å². The molecule has 1 fully saturated rings. The van der Waals surface area contributed by atoms with E-state index in [0.29, 0.717) is 12.2 Å². The Bertz CT molecular complexity index is 1070. The fourth-order valence-electron chi connectivity index (χ4n) is 5.20. The fraction of sp³-hybridized carbons (Fsp3) is 0.423. The Hall–Kier alpha value is -3.15. The van der Waals surface area contributed by atoms with E-state index in [2.05, 4.69) is 40.7 Å². The lowest BCUT2D eigenvalue weighted by Crippen LogP contribution is -2.17. The van der Waals surface area contributed by atoms with Crippen molar-refractivity contribution in [1.82, 2.24) is 4.57 Å². The zero-order chi connectivity index (χ0) is 22.7. The molecule has 6 heteroatoms. The lowest BCUT2D eigenvalue weighted by molar-refractivity contribution is -0.134. The lowest BCUT2D eigenvalue weighted by Gasteiger charge is -2.26. The highest BCUT2D eigenvalue weighted by atomic mass is 16.4. The van der Waals surface area contributed by atoms with Crippen molar-refractivity contribution in [3.8, 4) is 11.3 Å². The minimum absolute atomic E-state index is 0.558. The Balaban J connectivity index is 0.000000265. The van der Waals surface area contributed by atoms with E-state index in [-0.39, 0.29) is 0 Å². The number of fused-ring (bicyclic) bond motifs is 5. The molecule has 2 aromatic rings. The summed E-state index contributed by atoms with van der Waals surface area (Å²) in [7, 11) is 0. The van der Waals surface area contributed by atoms with Crippen LogP contribution < -0.4 is 0 Å². The van der Waals surface area contributed by atoms with E-state index in [4.69, 9.17) is 10.2 Å². The second-order valence-corrected chi connectivity index (χ2v) is 8.78. The molecule has 0 saturated heterocycles. The van der Waals surface area contributed by atoms with E-state index in [1.54, 1.807) is 11.1 Å². The molecule has 3 aliphatic rings. The topological polar surface area (TPSA) is 91.9 Å². The van der Waals surface area contributed by atoms with Crippen LogP contribution in [0.1, 0.15) is 67.3 Å². The third-order valence-electron chi connectivity index (χ3n) is 6.71. The molecule has 1 saturated carbocycles. The van der Waals surface area contributed by atoms with Crippen molar-refractivity contribution in [2.75, 3.05) is 6.54 Å². The van der Waals surface area contributed by atoms with Crippen LogP contribution in [0.2, 0.25) is 0 Å². The van der Waals surface area contributed by atoms with E-state index in [9.17, 15) is 9.59 Å². The summed E-state index contributed by atoms with van der Waals surface area (Å²) in [6.07, 6.45) is 10.5. The smallest absolute Gasteiger partial charge is 0.328 e. The summed E-state index contributed by atoms with van der Waals surface area (Å²) in [5.41, 5.74) is 10.2. The Morgan fingerprint density at radius 1 is 1.00 bits per heavy atom. The Morgan fingerprint density at radius 2 is 1.69 bits per heavy atom. The molecule has 5 rings (SSSR count). The molecule has 0 spiro atoms. The highest BCUT2D eigenvalue weighted by Gasteiger charge is 2.26. The summed E-state index contributed by atoms with van der Waals surface area (Å²) in [6, 6.07) is 9.78. The van der Waals surface area contributed by atoms with Gasteiger partial charge in [0.2, 0.25) is 0 Å². The van der Waals surface area contributed by atoms with Crippen molar-refractivity contribution < 1.29 is 19.8 Å². The van der Waals surface area contributed by atoms with Crippen molar-refractivity contribution in [3.05, 3.63) is 58.8 Å². The molecule has 168 valence electrons. The first-order valence-corrected chi connectivity index (χ1v) is 11.4. The summed E-state index contributed by atoms with van der Waals surface area (Å²) in [4.78, 5) is 23.7. The Labute approximate surface area is 188 Å². The predicted octanol–water partition coefficient (Wildman–Crippen LogP) is 4.84. The highest BCUT2D eigenvalue weighted by molar-refractivity contribution is 5.99. The normalized spacial score (nSPS) is 17.5. The van der Waals surface area contributed by atoms with Gasteiger partial charge in [0, 0.05) is 24.3 Å². The maximum absolute atomic E-state index is 9.55. The van der Waals surface area contributed by atoms with Gasteiger partial charge in [0.15, 0.2) is 0 Å². The molecule has 1 aromatic heterocycles. The number of aliphatic imine (C=N–C) groups is 1. The van der Waals surface area contributed by atoms with E-state index < -0.39 is 11.9 Å². The number of aliphatic carboxylic acids is 2. The number of carbonyl (C=O) groups is 2. The van der Waals surface area contributed by atoms with Crippen molar-refractivity contribution in [3.63, 3.8) is 0 Å². The lowest BCUT2D eigenvalue weighted by atomic mass is 9.81. The van der Waals surface area contributed by atoms with Gasteiger partial charge in [0.05, 0.1) is 23.6 Å². The maximum atomic E-state index is 9.55. The molecule has 2 N–H and O–H groups in total. The van der Waals surface area contributed by atoms with Gasteiger partial charge in [-0.2, -0.15) is 0 Å². The molecule has 0 unspecified atom stereocenters. The fourth-order valence-corrected chi connectivity index (χ4v) is 5.20. The minimum Gasteiger partial charge on any atom is -0.478 e. The summed E-state index contributed by atoms with van der Waals surface area (Å²) in [5, 5.41) is 15.6. The molecule has 0 bridgehead atoms. The molecule has 0 radical (unpaired) electrons. The number of rotatable bonds is 3. The summed E-state index contributed by atoms with van der Waals surface area (Å²) in [6.45, 7) is 4.12. The molecule has 32 heavy (non-hydrogen) atoms. The van der Waals surface area contributed by atoms with Gasteiger partial charge in [-0.1, -0.05) is 37.5 Å². The van der Waals surface area contributed by atoms with Crippen LogP contribution in [0.15, 0.2) is 41.4 Å². The number of hydrogen-bond acceptors (Lipinski definition) is 3. The maximum Gasteiger partial charge on any atom is 0.328 e. The van der Waals surface area contributed by atoms with Crippen LogP contribution in [0.3, 0.4) is 0 Å². The first-order valence-electron chi connectivity index (χ1n) is 11.4. The molecular weight excluding hydrogens is 404 g/mol. The zero-order valence-corrected chi connectivity index (χ0v) is 18.5. The molecule has 1 aliphatic heterocycles. The van der Waals surface area contributed by atoms with Gasteiger partial charge in [-0.3, -0.25) is 4.99 Å². The third kappa shape index (κ3) is 4.69. The van der Waals surface area contributed by atoms with E-state index in [0.717, 1.165) is 19.0 Å². The minimum atomic E-state index is -1.26. The summed E-state index contributed by atoms with van der Waals surface area (Å²) in [5.74, 6) is -1.71. The monoisotopic (exact) mass is 434 g/mol. The zero-order valence-electron chi connectivity index (χ0n) is 18.5. The quantitative estimate of drug-likeness (QED) is 0.677. The van der Waals surface area contributed by atoms with Crippen LogP contribution in [0.5, 0.6) is 0 Å². The molecule has 0 amide bonds. The van der Waals surface area contributed by atoms with E-state index in [1.807, 2.05) is 0 Å². The largest absolute Gasteiger partial charge is 0.478 e. The van der Waals surface area contributed by atoms with Crippen LogP contribution in [-0.2, 0) is 29.0 Å². The number of aromatic nitrogens is 1. The van der Waals surface area contributed by atoms with Gasteiger partial charge in [-0.15, -0.1) is 0 Å². The number of carboxylic acids is 2. The van der Waals surface area contributed by atoms with Crippen LogP contribution in [0.4, 0.5) is 0 Å². The highest BCUT2D eigenvalue weighted by Crippen LogP contribution is 2.40. The molecule has 1 aromatic carbocycles. The standard InChI is InChI=1S/C22H26N2.C4H4O4/c1-15-21-14-19-8-7-18-13-17(16-5-3-2-4-6-16)9-10-20(18)22(19)24(21)12-11-23-15;5-3(6)1-2-4(7)8/h9-10,13-14,16H,2-8,11-12H2,1H3;1-2H,(H,5,6)(H,7,8). The van der Waals surface area contributed by atoms with Gasteiger partial charge >= 0.3 is 11.9 Å². The Morgan fingerprint density at radius 3 is 2.38 bits per heavy atom. The van der Waals surface area contributed by atoms with Crippen LogP contribution in [0.25, 0.3) is 11.3 Å². The van der Waals surface area contributed by atoms with Gasteiger partial charge in [0.25, 0.3) is 0 Å². The SMILES string of the molecule is CC1=NCCn2c1cc1c2-c2ccc(C3CCCCC3)cc2CC1.O=C(O)C=CC(=O)O. The molecular formula is C26H30N2O4. The van der Waals surface area contributed by atoms with Gasteiger partial charge in [-0.05, 0) is 61.3 Å². The van der Waals surface area contributed by atoms with Crippen LogP contribution in [0, 0.1) is 0 Å². The van der Waals surface area contributed by atoms with Gasteiger partial charge in [0.1, 0.15) is 0 Å². The Kier molecular flexibility index (Phi) is 6.58. The number of hydrogen-bond donors (Lipinski definition) is 2.